The first kappa shape index (κ1) is 19.7. The standard InChI is InChI=1S/C21H26O3Se/c1-15(25-17-13-9-6-10-14-17)18(20(23)24-21(2,3)4)19(22)16-11-7-5-8-12-16/h5-15,18-19,22H,1-4H3/t15-,18+,19+/m0/s1. The van der Waals surface area contributed by atoms with Crippen LogP contribution in [0.5, 0.6) is 0 Å². The van der Waals surface area contributed by atoms with Crippen LogP contribution in [0.1, 0.15) is 39.4 Å². The fourth-order valence-electron chi connectivity index (χ4n) is 2.59. The van der Waals surface area contributed by atoms with Gasteiger partial charge in [0.1, 0.15) is 0 Å². The van der Waals surface area contributed by atoms with E-state index in [-0.39, 0.29) is 25.7 Å². The van der Waals surface area contributed by atoms with Crippen molar-refractivity contribution in [1.82, 2.24) is 0 Å². The summed E-state index contributed by atoms with van der Waals surface area (Å²) in [5, 5.41) is 10.9. The number of esters is 1. The molecule has 2 aromatic carbocycles. The van der Waals surface area contributed by atoms with Gasteiger partial charge in [-0.05, 0) is 0 Å². The Morgan fingerprint density at radius 1 is 1.00 bits per heavy atom. The van der Waals surface area contributed by atoms with Gasteiger partial charge in [0, 0.05) is 0 Å². The number of carbonyl (C=O) groups is 1. The quantitative estimate of drug-likeness (QED) is 0.591. The molecule has 1 N–H and O–H groups in total. The molecule has 0 heterocycles. The van der Waals surface area contributed by atoms with Gasteiger partial charge in [-0.25, -0.2) is 0 Å². The number of benzene rings is 2. The molecule has 0 aliphatic rings. The molecule has 0 unspecified atom stereocenters. The van der Waals surface area contributed by atoms with E-state index in [0.717, 1.165) is 5.56 Å². The van der Waals surface area contributed by atoms with Gasteiger partial charge in [-0.1, -0.05) is 0 Å². The molecule has 2 rings (SSSR count). The number of hydrogen-bond donors (Lipinski definition) is 1. The molecule has 4 heteroatoms. The maximum atomic E-state index is 12.8. The van der Waals surface area contributed by atoms with Crippen LogP contribution in [-0.4, -0.2) is 31.6 Å². The Morgan fingerprint density at radius 3 is 2.04 bits per heavy atom. The molecule has 0 saturated carbocycles. The number of hydrogen-bond acceptors (Lipinski definition) is 3. The van der Waals surface area contributed by atoms with E-state index in [0.29, 0.717) is 0 Å². The average molecular weight is 405 g/mol. The van der Waals surface area contributed by atoms with Gasteiger partial charge in [-0.15, -0.1) is 0 Å². The number of aliphatic hydroxyl groups excluding tert-OH is 1. The van der Waals surface area contributed by atoms with Crippen LogP contribution in [-0.2, 0) is 9.53 Å². The molecule has 0 saturated heterocycles. The third kappa shape index (κ3) is 6.00. The van der Waals surface area contributed by atoms with Crippen LogP contribution in [0, 0.1) is 5.92 Å². The molecule has 0 amide bonds. The Balaban J connectivity index is 2.26. The molecule has 2 aromatic rings. The van der Waals surface area contributed by atoms with Gasteiger partial charge in [0.2, 0.25) is 0 Å². The molecule has 0 aliphatic heterocycles. The Morgan fingerprint density at radius 2 is 1.52 bits per heavy atom. The number of aliphatic hydroxyl groups is 1. The Labute approximate surface area is 156 Å². The average Bonchev–Trinajstić information content (AvgIpc) is 2.55. The summed E-state index contributed by atoms with van der Waals surface area (Å²) in [5.41, 5.74) is 0.166. The second kappa shape index (κ2) is 8.66. The monoisotopic (exact) mass is 406 g/mol. The first-order chi connectivity index (χ1) is 11.8. The van der Waals surface area contributed by atoms with Crippen molar-refractivity contribution in [3.63, 3.8) is 0 Å². The van der Waals surface area contributed by atoms with Crippen LogP contribution in [0.15, 0.2) is 60.7 Å². The molecule has 0 radical (unpaired) electrons. The summed E-state index contributed by atoms with van der Waals surface area (Å²) in [7, 11) is 0. The summed E-state index contributed by atoms with van der Waals surface area (Å²) in [6, 6.07) is 19.5. The van der Waals surface area contributed by atoms with Crippen molar-refractivity contribution in [2.24, 2.45) is 5.92 Å². The van der Waals surface area contributed by atoms with E-state index in [2.05, 4.69) is 12.1 Å². The molecule has 0 aromatic heterocycles. The summed E-state index contributed by atoms with van der Waals surface area (Å²) < 4.78 is 6.82. The Kier molecular flexibility index (Phi) is 6.83. The van der Waals surface area contributed by atoms with Crippen molar-refractivity contribution in [1.29, 1.82) is 0 Å². The third-order valence-electron chi connectivity index (χ3n) is 3.73. The Hall–Kier alpha value is -1.61. The third-order valence-corrected chi connectivity index (χ3v) is 6.27. The summed E-state index contributed by atoms with van der Waals surface area (Å²) in [6.45, 7) is 7.57. The second-order valence-corrected chi connectivity index (χ2v) is 10.1. The minimum absolute atomic E-state index is 0.0000406. The van der Waals surface area contributed by atoms with Gasteiger partial charge in [-0.3, -0.25) is 0 Å². The van der Waals surface area contributed by atoms with Gasteiger partial charge in [-0.2, -0.15) is 0 Å². The predicted octanol–water partition coefficient (Wildman–Crippen LogP) is 3.52. The molecular formula is C21H26O3Se. The fraction of sp³-hybridized carbons (Fsp3) is 0.381. The van der Waals surface area contributed by atoms with E-state index < -0.39 is 17.6 Å². The van der Waals surface area contributed by atoms with E-state index >= 15 is 0 Å². The predicted molar refractivity (Wildman–Crippen MR) is 102 cm³/mol. The molecule has 0 fully saturated rings. The van der Waals surface area contributed by atoms with Crippen LogP contribution in [0.25, 0.3) is 0 Å². The maximum absolute atomic E-state index is 12.8. The zero-order valence-electron chi connectivity index (χ0n) is 15.2. The first-order valence-electron chi connectivity index (χ1n) is 8.45. The van der Waals surface area contributed by atoms with Gasteiger partial charge in [0.25, 0.3) is 0 Å². The van der Waals surface area contributed by atoms with Crippen LogP contribution in [0.3, 0.4) is 0 Å². The summed E-state index contributed by atoms with van der Waals surface area (Å²) in [4.78, 5) is 12.8. The van der Waals surface area contributed by atoms with Crippen molar-refractivity contribution in [3.8, 4) is 0 Å². The molecule has 3 nitrogen and oxygen atoms in total. The molecule has 25 heavy (non-hydrogen) atoms. The SMILES string of the molecule is C[C@H]([Se]c1ccccc1)[C@@H](C(=O)OC(C)(C)C)[C@H](O)c1ccccc1. The van der Waals surface area contributed by atoms with Gasteiger partial charge in [0.15, 0.2) is 0 Å². The normalized spacial score (nSPS) is 15.2. The van der Waals surface area contributed by atoms with Crippen molar-refractivity contribution < 1.29 is 14.6 Å². The van der Waals surface area contributed by atoms with Gasteiger partial charge < -0.3 is 0 Å². The molecular weight excluding hydrogens is 379 g/mol. The van der Waals surface area contributed by atoms with Crippen molar-refractivity contribution in [3.05, 3.63) is 66.2 Å². The molecule has 0 spiro atoms. The number of ether oxygens (including phenoxy) is 1. The molecule has 0 aliphatic carbocycles. The minimum atomic E-state index is -0.878. The zero-order valence-corrected chi connectivity index (χ0v) is 16.9. The van der Waals surface area contributed by atoms with Gasteiger partial charge >= 0.3 is 156 Å². The molecule has 3 atom stereocenters. The Bertz CT molecular complexity index is 665. The van der Waals surface area contributed by atoms with Crippen LogP contribution in [0.2, 0.25) is 4.82 Å². The van der Waals surface area contributed by atoms with E-state index in [4.69, 9.17) is 4.74 Å². The van der Waals surface area contributed by atoms with E-state index in [1.54, 1.807) is 0 Å². The molecule has 0 bridgehead atoms. The summed E-state index contributed by atoms with van der Waals surface area (Å²) >= 11 is 0.0542. The van der Waals surface area contributed by atoms with Crippen molar-refractivity contribution >= 4 is 25.4 Å². The fourth-order valence-corrected chi connectivity index (χ4v) is 5.00. The van der Waals surface area contributed by atoms with Crippen LogP contribution in [0.4, 0.5) is 0 Å². The number of carbonyl (C=O) groups excluding carboxylic acids is 1. The summed E-state index contributed by atoms with van der Waals surface area (Å²) in [6.07, 6.45) is -0.878. The van der Waals surface area contributed by atoms with Crippen LogP contribution >= 0.6 is 0 Å². The summed E-state index contributed by atoms with van der Waals surface area (Å²) in [5.74, 6) is -0.934. The van der Waals surface area contributed by atoms with Crippen LogP contribution < -0.4 is 4.46 Å². The number of rotatable bonds is 6. The molecule has 134 valence electrons. The van der Waals surface area contributed by atoms with Gasteiger partial charge in [0.05, 0.1) is 0 Å². The van der Waals surface area contributed by atoms with E-state index in [9.17, 15) is 9.90 Å². The van der Waals surface area contributed by atoms with Crippen molar-refractivity contribution in [2.75, 3.05) is 0 Å². The first-order valence-corrected chi connectivity index (χ1v) is 10.3. The zero-order chi connectivity index (χ0) is 18.4. The van der Waals surface area contributed by atoms with Crippen molar-refractivity contribution in [2.45, 2.75) is 44.2 Å². The topological polar surface area (TPSA) is 46.5 Å². The second-order valence-electron chi connectivity index (χ2n) is 7.05. The van der Waals surface area contributed by atoms with E-state index in [1.165, 1.54) is 4.46 Å². The van der Waals surface area contributed by atoms with E-state index in [1.807, 2.05) is 76.2 Å².